The monoisotopic (exact) mass is 299 g/mol. The van der Waals surface area contributed by atoms with Crippen LogP contribution in [0.5, 0.6) is 0 Å². The van der Waals surface area contributed by atoms with Gasteiger partial charge >= 0.3 is 5.97 Å². The molecule has 3 N–H and O–H groups in total. The van der Waals surface area contributed by atoms with Crippen molar-refractivity contribution in [3.63, 3.8) is 0 Å². The summed E-state index contributed by atoms with van der Waals surface area (Å²) in [6.07, 6.45) is 0.834. The zero-order valence-electron chi connectivity index (χ0n) is 12.0. The maximum absolute atomic E-state index is 11.3. The minimum absolute atomic E-state index is 0.0828. The summed E-state index contributed by atoms with van der Waals surface area (Å²) in [7, 11) is 0. The molecule has 0 aromatic carbocycles. The molecule has 6 nitrogen and oxygen atoms in total. The molecule has 1 heterocycles. The average Bonchev–Trinajstić information content (AvgIpc) is 2.81. The summed E-state index contributed by atoms with van der Waals surface area (Å²) in [6, 6.07) is -0.445. The van der Waals surface area contributed by atoms with Gasteiger partial charge in [-0.05, 0) is 12.8 Å². The van der Waals surface area contributed by atoms with Crippen LogP contribution in [0.2, 0.25) is 0 Å². The fourth-order valence-corrected chi connectivity index (χ4v) is 2.43. The number of nitrogens with zero attached hydrogens (tertiary/aromatic N) is 1. The van der Waals surface area contributed by atoms with Crippen molar-refractivity contribution in [1.29, 1.82) is 0 Å². The van der Waals surface area contributed by atoms with Gasteiger partial charge in [0, 0.05) is 11.8 Å². The number of aryl methyl sites for hydroxylation is 1. The van der Waals surface area contributed by atoms with Crippen molar-refractivity contribution < 1.29 is 14.3 Å². The zero-order valence-corrected chi connectivity index (χ0v) is 12.8. The number of carbonyl (C=O) groups excluding carboxylic acids is 2. The molecule has 1 amide bonds. The van der Waals surface area contributed by atoms with E-state index in [9.17, 15) is 9.59 Å². The van der Waals surface area contributed by atoms with Crippen LogP contribution in [0.3, 0.4) is 0 Å². The van der Waals surface area contributed by atoms with Gasteiger partial charge in [0.15, 0.2) is 5.13 Å². The van der Waals surface area contributed by atoms with E-state index >= 15 is 0 Å². The van der Waals surface area contributed by atoms with Gasteiger partial charge in [0.05, 0.1) is 18.7 Å². The molecule has 1 aromatic heterocycles. The molecule has 0 radical (unpaired) electrons. The lowest BCUT2D eigenvalue weighted by Crippen LogP contribution is -2.39. The molecule has 1 atom stereocenters. The second-order valence-electron chi connectivity index (χ2n) is 4.72. The molecule has 1 unspecified atom stereocenters. The number of thiazole rings is 1. The van der Waals surface area contributed by atoms with Gasteiger partial charge in [0.25, 0.3) is 0 Å². The van der Waals surface area contributed by atoms with E-state index in [4.69, 9.17) is 10.5 Å². The number of esters is 1. The number of aromatic nitrogens is 1. The quantitative estimate of drug-likeness (QED) is 0.710. The second-order valence-corrected chi connectivity index (χ2v) is 5.58. The summed E-state index contributed by atoms with van der Waals surface area (Å²) < 4.78 is 4.86. The van der Waals surface area contributed by atoms with E-state index < -0.39 is 11.9 Å². The molecule has 1 rings (SSSR count). The fourth-order valence-electron chi connectivity index (χ4n) is 1.65. The Kier molecular flexibility index (Phi) is 6.44. The lowest BCUT2D eigenvalue weighted by atomic mass is 10.0. The predicted octanol–water partition coefficient (Wildman–Crippen LogP) is 1.56. The van der Waals surface area contributed by atoms with Crippen LogP contribution in [0.4, 0.5) is 5.13 Å². The highest BCUT2D eigenvalue weighted by atomic mass is 32.1. The number of rotatable bonds is 8. The number of hydrogen-bond acceptors (Lipinski definition) is 6. The number of hydrogen-bond donors (Lipinski definition) is 2. The number of carbonyl (C=O) groups is 2. The average molecular weight is 299 g/mol. The first kappa shape index (κ1) is 16.4. The molecular weight excluding hydrogens is 278 g/mol. The Balaban J connectivity index is 2.54. The van der Waals surface area contributed by atoms with Gasteiger partial charge < -0.3 is 15.8 Å². The first-order valence-corrected chi connectivity index (χ1v) is 7.47. The van der Waals surface area contributed by atoms with Gasteiger partial charge in [-0.3, -0.25) is 9.59 Å². The SMILES string of the molecule is CCOC(=O)CCc1csc(NC(C(N)=O)C(C)C)n1. The summed E-state index contributed by atoms with van der Waals surface area (Å²) in [5.74, 6) is -0.546. The van der Waals surface area contributed by atoms with Crippen LogP contribution in [0.1, 0.15) is 32.9 Å². The highest BCUT2D eigenvalue weighted by molar-refractivity contribution is 7.13. The summed E-state index contributed by atoms with van der Waals surface area (Å²) in [5, 5.41) is 5.53. The molecule has 0 spiro atoms. The third-order valence-corrected chi connectivity index (χ3v) is 3.52. The third-order valence-electron chi connectivity index (χ3n) is 2.69. The van der Waals surface area contributed by atoms with E-state index in [0.29, 0.717) is 24.6 Å². The van der Waals surface area contributed by atoms with Crippen molar-refractivity contribution in [3.05, 3.63) is 11.1 Å². The van der Waals surface area contributed by atoms with Crippen molar-refractivity contribution >= 4 is 28.3 Å². The predicted molar refractivity (Wildman–Crippen MR) is 78.5 cm³/mol. The van der Waals surface area contributed by atoms with E-state index in [1.54, 1.807) is 6.92 Å². The molecular formula is C13H21N3O3S. The molecule has 0 bridgehead atoms. The summed E-state index contributed by atoms with van der Waals surface area (Å²) in [5.41, 5.74) is 6.14. The topological polar surface area (TPSA) is 94.3 Å². The molecule has 0 saturated heterocycles. The van der Waals surface area contributed by atoms with E-state index in [0.717, 1.165) is 5.69 Å². The van der Waals surface area contributed by atoms with Crippen molar-refractivity contribution in [3.8, 4) is 0 Å². The van der Waals surface area contributed by atoms with Crippen LogP contribution in [-0.4, -0.2) is 29.5 Å². The van der Waals surface area contributed by atoms with E-state index in [-0.39, 0.29) is 11.9 Å². The van der Waals surface area contributed by atoms with Crippen LogP contribution in [-0.2, 0) is 20.7 Å². The number of primary amides is 1. The van der Waals surface area contributed by atoms with Crippen LogP contribution in [0, 0.1) is 5.92 Å². The van der Waals surface area contributed by atoms with Gasteiger partial charge in [-0.2, -0.15) is 0 Å². The van der Waals surface area contributed by atoms with Crippen molar-refractivity contribution in [2.75, 3.05) is 11.9 Å². The van der Waals surface area contributed by atoms with Crippen molar-refractivity contribution in [1.82, 2.24) is 4.98 Å². The van der Waals surface area contributed by atoms with Crippen molar-refractivity contribution in [2.45, 2.75) is 39.7 Å². The fraction of sp³-hybridized carbons (Fsp3) is 0.615. The van der Waals surface area contributed by atoms with Gasteiger partial charge in [-0.1, -0.05) is 13.8 Å². The molecule has 20 heavy (non-hydrogen) atoms. The standard InChI is InChI=1S/C13H21N3O3S/c1-4-19-10(17)6-5-9-7-20-13(15-9)16-11(8(2)3)12(14)18/h7-8,11H,4-6H2,1-3H3,(H2,14,18)(H,15,16). The maximum Gasteiger partial charge on any atom is 0.306 e. The number of ether oxygens (including phenoxy) is 1. The first-order chi connectivity index (χ1) is 9.43. The van der Waals surface area contributed by atoms with E-state index in [1.165, 1.54) is 11.3 Å². The molecule has 0 saturated carbocycles. The number of nitrogens with two attached hydrogens (primary N) is 1. The molecule has 0 fully saturated rings. The van der Waals surface area contributed by atoms with Crippen LogP contribution >= 0.6 is 11.3 Å². The molecule has 0 aliphatic rings. The first-order valence-electron chi connectivity index (χ1n) is 6.60. The van der Waals surface area contributed by atoms with Crippen LogP contribution in [0.15, 0.2) is 5.38 Å². The molecule has 112 valence electrons. The van der Waals surface area contributed by atoms with E-state index in [1.807, 2.05) is 19.2 Å². The molecule has 1 aromatic rings. The highest BCUT2D eigenvalue weighted by Crippen LogP contribution is 2.19. The van der Waals surface area contributed by atoms with Crippen LogP contribution in [0.25, 0.3) is 0 Å². The second kappa shape index (κ2) is 7.84. The molecule has 7 heteroatoms. The van der Waals surface area contributed by atoms with Gasteiger partial charge in [0.2, 0.25) is 5.91 Å². The Labute approximate surface area is 122 Å². The minimum Gasteiger partial charge on any atom is -0.466 e. The normalized spacial score (nSPS) is 12.2. The Bertz CT molecular complexity index is 459. The highest BCUT2D eigenvalue weighted by Gasteiger charge is 2.20. The summed E-state index contributed by atoms with van der Waals surface area (Å²) in [4.78, 5) is 26.9. The van der Waals surface area contributed by atoms with Gasteiger partial charge in [-0.25, -0.2) is 4.98 Å². The maximum atomic E-state index is 11.3. The molecule has 0 aliphatic carbocycles. The summed E-state index contributed by atoms with van der Waals surface area (Å²) in [6.45, 7) is 5.99. The number of nitrogens with one attached hydrogen (secondary N) is 1. The largest absolute Gasteiger partial charge is 0.466 e. The Morgan fingerprint density at radius 3 is 2.75 bits per heavy atom. The number of anilines is 1. The van der Waals surface area contributed by atoms with Crippen molar-refractivity contribution in [2.24, 2.45) is 11.7 Å². The Morgan fingerprint density at radius 1 is 1.50 bits per heavy atom. The van der Waals surface area contributed by atoms with Crippen LogP contribution < -0.4 is 11.1 Å². The van der Waals surface area contributed by atoms with Gasteiger partial charge in [-0.15, -0.1) is 11.3 Å². The lowest BCUT2D eigenvalue weighted by molar-refractivity contribution is -0.143. The third kappa shape index (κ3) is 5.16. The van der Waals surface area contributed by atoms with E-state index in [2.05, 4.69) is 10.3 Å². The lowest BCUT2D eigenvalue weighted by Gasteiger charge is -2.17. The zero-order chi connectivity index (χ0) is 15.1. The van der Waals surface area contributed by atoms with Gasteiger partial charge in [0.1, 0.15) is 6.04 Å². The Morgan fingerprint density at radius 2 is 2.20 bits per heavy atom. The summed E-state index contributed by atoms with van der Waals surface area (Å²) >= 11 is 1.40. The minimum atomic E-state index is -0.445. The molecule has 0 aliphatic heterocycles. The smallest absolute Gasteiger partial charge is 0.306 e. The Hall–Kier alpha value is -1.63. The number of amides is 1.